The second-order valence-corrected chi connectivity index (χ2v) is 10.2. The number of amides is 1. The van der Waals surface area contributed by atoms with Crippen molar-refractivity contribution in [3.05, 3.63) is 101 Å². The summed E-state index contributed by atoms with van der Waals surface area (Å²) in [5.74, 6) is -3.44. The van der Waals surface area contributed by atoms with Crippen LogP contribution in [0.4, 0.5) is 13.2 Å². The van der Waals surface area contributed by atoms with Crippen LogP contribution in [0.15, 0.2) is 66.7 Å². The van der Waals surface area contributed by atoms with E-state index in [0.717, 1.165) is 53.0 Å². The molecule has 0 bridgehead atoms. The fourth-order valence-electron chi connectivity index (χ4n) is 5.10. The molecule has 1 aliphatic heterocycles. The summed E-state index contributed by atoms with van der Waals surface area (Å²) < 4.78 is 51.4. The lowest BCUT2D eigenvalue weighted by Gasteiger charge is -2.31. The summed E-state index contributed by atoms with van der Waals surface area (Å²) in [4.78, 5) is 15.9. The molecule has 1 fully saturated rings. The van der Waals surface area contributed by atoms with Gasteiger partial charge in [0.25, 0.3) is 0 Å². The predicted molar refractivity (Wildman–Crippen MR) is 147 cm³/mol. The maximum absolute atomic E-state index is 13.9. The second kappa shape index (κ2) is 12.6. The smallest absolute Gasteiger partial charge is 0.231 e. The summed E-state index contributed by atoms with van der Waals surface area (Å²) in [6.45, 7) is 1.88. The van der Waals surface area contributed by atoms with Crippen LogP contribution in [0.5, 0.6) is 11.5 Å². The molecule has 0 aromatic heterocycles. The molecule has 5 rings (SSSR count). The number of hydrogen-bond acceptors (Lipinski definition) is 4. The van der Waals surface area contributed by atoms with Crippen molar-refractivity contribution in [2.24, 2.45) is 5.92 Å². The van der Waals surface area contributed by atoms with Gasteiger partial charge in [-0.15, -0.1) is 0 Å². The van der Waals surface area contributed by atoms with Gasteiger partial charge in [0.15, 0.2) is 17.4 Å². The van der Waals surface area contributed by atoms with Gasteiger partial charge in [-0.1, -0.05) is 42.5 Å². The molecule has 3 aromatic carbocycles. The molecule has 1 aliphatic carbocycles. The Morgan fingerprint density at radius 1 is 1.00 bits per heavy atom. The molecule has 1 amide bonds. The van der Waals surface area contributed by atoms with E-state index in [4.69, 9.17) is 9.47 Å². The molecular formula is C32H33F3N2O3. The van der Waals surface area contributed by atoms with E-state index >= 15 is 0 Å². The fraction of sp³-hybridized carbons (Fsp3) is 0.344. The van der Waals surface area contributed by atoms with Gasteiger partial charge < -0.3 is 19.7 Å². The standard InChI is InChI=1S/C32H33F3N2O3/c1-39-25-6-2-4-22(18-25)20-37(24-11-12-24)32(38)27-19-36-16-15-26(27)23-9-7-21(8-10-23)5-3-17-40-31-29(34)14-13-28(33)30(31)35/h2,4,6-10,13-15,18,24,27,36H,3,5,11-12,16-17,19-20H2,1H3. The molecule has 0 saturated heterocycles. The summed E-state index contributed by atoms with van der Waals surface area (Å²) in [5, 5.41) is 3.35. The molecule has 0 spiro atoms. The third-order valence-electron chi connectivity index (χ3n) is 7.39. The molecule has 0 radical (unpaired) electrons. The van der Waals surface area contributed by atoms with Crippen molar-refractivity contribution >= 4 is 11.5 Å². The van der Waals surface area contributed by atoms with E-state index in [-0.39, 0.29) is 24.5 Å². The van der Waals surface area contributed by atoms with Crippen molar-refractivity contribution < 1.29 is 27.4 Å². The Labute approximate surface area is 232 Å². The monoisotopic (exact) mass is 550 g/mol. The van der Waals surface area contributed by atoms with Gasteiger partial charge in [-0.2, -0.15) is 4.39 Å². The Balaban J connectivity index is 1.22. The Hall–Kier alpha value is -3.78. The number of nitrogens with one attached hydrogen (secondary N) is 1. The van der Waals surface area contributed by atoms with Crippen molar-refractivity contribution in [2.75, 3.05) is 26.8 Å². The summed E-state index contributed by atoms with van der Waals surface area (Å²) in [6, 6.07) is 17.7. The number of carbonyl (C=O) groups is 1. The molecule has 5 nitrogen and oxygen atoms in total. The van der Waals surface area contributed by atoms with Crippen LogP contribution in [-0.2, 0) is 17.8 Å². The summed E-state index contributed by atoms with van der Waals surface area (Å²) in [5.41, 5.74) is 4.10. The summed E-state index contributed by atoms with van der Waals surface area (Å²) in [6.07, 6.45) is 5.26. The van der Waals surface area contributed by atoms with Crippen LogP contribution in [0.25, 0.3) is 5.57 Å². The Kier molecular flexibility index (Phi) is 8.75. The van der Waals surface area contributed by atoms with E-state index in [2.05, 4.69) is 11.4 Å². The van der Waals surface area contributed by atoms with Gasteiger partial charge in [0.2, 0.25) is 11.7 Å². The van der Waals surface area contributed by atoms with E-state index in [1.165, 1.54) is 0 Å². The minimum Gasteiger partial charge on any atom is -0.497 e. The molecule has 3 aromatic rings. The highest BCUT2D eigenvalue weighted by Gasteiger charge is 2.37. The maximum atomic E-state index is 13.9. The highest BCUT2D eigenvalue weighted by Crippen LogP contribution is 2.34. The lowest BCUT2D eigenvalue weighted by molar-refractivity contribution is -0.134. The van der Waals surface area contributed by atoms with E-state index in [9.17, 15) is 18.0 Å². The lowest BCUT2D eigenvalue weighted by Crippen LogP contribution is -2.43. The van der Waals surface area contributed by atoms with Gasteiger partial charge in [0, 0.05) is 25.7 Å². The van der Waals surface area contributed by atoms with E-state index in [1.807, 2.05) is 53.4 Å². The first-order valence-electron chi connectivity index (χ1n) is 13.6. The van der Waals surface area contributed by atoms with Crippen LogP contribution >= 0.6 is 0 Å². The normalized spacial score (nSPS) is 16.8. The SMILES string of the molecule is COc1cccc(CN(C(=O)C2CNCC=C2c2ccc(CCCOc3c(F)ccc(F)c3F)cc2)C2CC2)c1. The van der Waals surface area contributed by atoms with Crippen LogP contribution in [0, 0.1) is 23.4 Å². The molecule has 2 aliphatic rings. The van der Waals surface area contributed by atoms with Crippen molar-refractivity contribution in [1.82, 2.24) is 10.2 Å². The first kappa shape index (κ1) is 27.8. The minimum absolute atomic E-state index is 0.0523. The number of carbonyl (C=O) groups excluding carboxylic acids is 1. The number of ether oxygens (including phenoxy) is 2. The number of halogens is 3. The molecule has 1 N–H and O–H groups in total. The van der Waals surface area contributed by atoms with E-state index in [0.29, 0.717) is 32.5 Å². The molecule has 1 saturated carbocycles. The molecule has 1 heterocycles. The van der Waals surface area contributed by atoms with Gasteiger partial charge >= 0.3 is 0 Å². The number of rotatable bonds is 11. The first-order valence-corrected chi connectivity index (χ1v) is 13.6. The van der Waals surface area contributed by atoms with Gasteiger partial charge in [-0.3, -0.25) is 4.79 Å². The minimum atomic E-state index is -1.31. The molecule has 40 heavy (non-hydrogen) atoms. The van der Waals surface area contributed by atoms with Crippen LogP contribution in [0.1, 0.15) is 36.0 Å². The second-order valence-electron chi connectivity index (χ2n) is 10.2. The third-order valence-corrected chi connectivity index (χ3v) is 7.39. The van der Waals surface area contributed by atoms with Gasteiger partial charge in [0.1, 0.15) is 5.75 Å². The number of nitrogens with zero attached hydrogens (tertiary/aromatic N) is 1. The maximum Gasteiger partial charge on any atom is 0.231 e. The van der Waals surface area contributed by atoms with Crippen molar-refractivity contribution in [3.63, 3.8) is 0 Å². The molecular weight excluding hydrogens is 517 g/mol. The van der Waals surface area contributed by atoms with Crippen molar-refractivity contribution in [3.8, 4) is 11.5 Å². The Morgan fingerprint density at radius 3 is 2.52 bits per heavy atom. The van der Waals surface area contributed by atoms with Gasteiger partial charge in [-0.25, -0.2) is 8.78 Å². The zero-order valence-electron chi connectivity index (χ0n) is 22.5. The van der Waals surface area contributed by atoms with Crippen LogP contribution < -0.4 is 14.8 Å². The van der Waals surface area contributed by atoms with Crippen LogP contribution in [-0.4, -0.2) is 43.7 Å². The number of benzene rings is 3. The quantitative estimate of drug-likeness (QED) is 0.238. The molecule has 1 unspecified atom stereocenters. The van der Waals surface area contributed by atoms with E-state index in [1.54, 1.807) is 7.11 Å². The average Bonchev–Trinajstić information content (AvgIpc) is 3.83. The van der Waals surface area contributed by atoms with Gasteiger partial charge in [0.05, 0.1) is 19.6 Å². The molecule has 1 atom stereocenters. The molecule has 8 heteroatoms. The highest BCUT2D eigenvalue weighted by atomic mass is 19.2. The molecule has 210 valence electrons. The zero-order valence-corrected chi connectivity index (χ0v) is 22.5. The Morgan fingerprint density at radius 2 is 1.77 bits per heavy atom. The van der Waals surface area contributed by atoms with E-state index < -0.39 is 23.2 Å². The number of methoxy groups -OCH3 is 1. The Bertz CT molecular complexity index is 1370. The lowest BCUT2D eigenvalue weighted by atomic mass is 9.88. The third kappa shape index (κ3) is 6.50. The van der Waals surface area contributed by atoms with Crippen molar-refractivity contribution in [1.29, 1.82) is 0 Å². The first-order chi connectivity index (χ1) is 19.4. The van der Waals surface area contributed by atoms with Crippen molar-refractivity contribution in [2.45, 2.75) is 38.3 Å². The topological polar surface area (TPSA) is 50.8 Å². The summed E-state index contributed by atoms with van der Waals surface area (Å²) >= 11 is 0. The number of hydrogen-bond donors (Lipinski definition) is 1. The fourth-order valence-corrected chi connectivity index (χ4v) is 5.10. The zero-order chi connectivity index (χ0) is 28.1. The van der Waals surface area contributed by atoms with Crippen LogP contribution in [0.3, 0.4) is 0 Å². The van der Waals surface area contributed by atoms with Gasteiger partial charge in [-0.05, 0) is 72.2 Å². The average molecular weight is 551 g/mol. The number of aryl methyl sites for hydroxylation is 1. The summed E-state index contributed by atoms with van der Waals surface area (Å²) in [7, 11) is 1.64. The predicted octanol–water partition coefficient (Wildman–Crippen LogP) is 5.92. The van der Waals surface area contributed by atoms with Crippen LogP contribution in [0.2, 0.25) is 0 Å². The highest BCUT2D eigenvalue weighted by molar-refractivity contribution is 5.93. The largest absolute Gasteiger partial charge is 0.497 e.